The summed E-state index contributed by atoms with van der Waals surface area (Å²) in [6.07, 6.45) is -10.6. The van der Waals surface area contributed by atoms with E-state index < -0.39 is 45.9 Å². The molecule has 4 aromatic rings. The largest absolute Gasteiger partial charge is 0.509 e. The molecule has 0 radical (unpaired) electrons. The number of halogens is 9. The van der Waals surface area contributed by atoms with Crippen molar-refractivity contribution in [3.63, 3.8) is 0 Å². The van der Waals surface area contributed by atoms with E-state index >= 15 is 0 Å². The normalized spacial score (nSPS) is 12.2. The summed E-state index contributed by atoms with van der Waals surface area (Å²) in [7, 11) is -2.56. The molecule has 0 unspecified atom stereocenters. The molecule has 0 spiro atoms. The number of nitriles is 1. The predicted octanol–water partition coefficient (Wildman–Crippen LogP) is 8.31. The minimum Gasteiger partial charge on any atom is -0.445 e. The third-order valence-corrected chi connectivity index (χ3v) is 8.26. The van der Waals surface area contributed by atoms with E-state index in [0.29, 0.717) is 10.5 Å². The van der Waals surface area contributed by atoms with E-state index in [1.807, 2.05) is 60.7 Å². The lowest BCUT2D eigenvalue weighted by Gasteiger charge is -2.19. The van der Waals surface area contributed by atoms with Crippen molar-refractivity contribution in [1.29, 1.82) is 5.26 Å². The number of hydrogen-bond donors (Lipinski definition) is 0. The topological polar surface area (TPSA) is 40.9 Å². The number of benzene rings is 4. The Bertz CT molecular complexity index is 1410. The van der Waals surface area contributed by atoms with E-state index in [0.717, 1.165) is 9.79 Å². The fraction of sp³-hybridized carbons (Fsp3) is 0.0741. The molecule has 0 amide bonds. The number of nitrogens with zero attached hydrogens (tertiary/aromatic N) is 1. The van der Waals surface area contributed by atoms with E-state index in [1.54, 1.807) is 24.3 Å². The molecule has 0 saturated carbocycles. The molecule has 4 aromatic carbocycles. The monoisotopic (exact) mass is 585 g/mol. The number of rotatable bonds is 4. The van der Waals surface area contributed by atoms with Gasteiger partial charge in [0.05, 0.1) is 22.8 Å². The highest BCUT2D eigenvalue weighted by Crippen LogP contribution is 2.37. The summed E-state index contributed by atoms with van der Waals surface area (Å²) in [5.74, 6) is 0. The Hall–Kier alpha value is -4.05. The van der Waals surface area contributed by atoms with Crippen LogP contribution in [-0.4, -0.2) is 6.98 Å². The molecule has 13 heteroatoms. The van der Waals surface area contributed by atoms with Crippen molar-refractivity contribution in [2.24, 2.45) is 0 Å². The quantitative estimate of drug-likeness (QED) is 0.137. The molecule has 4 rings (SSSR count). The summed E-state index contributed by atoms with van der Waals surface area (Å²) in [5, 5.41) is 8.94. The molecule has 0 aliphatic rings. The molecular weight excluding hydrogens is 568 g/mol. The van der Waals surface area contributed by atoms with Gasteiger partial charge in [0.1, 0.15) is 0 Å². The van der Waals surface area contributed by atoms with Gasteiger partial charge < -0.3 is 12.9 Å². The molecule has 0 aliphatic carbocycles. The summed E-state index contributed by atoms with van der Waals surface area (Å²) in [4.78, 5) is 2.25. The average molecular weight is 585 g/mol. The Labute approximate surface area is 224 Å². The average Bonchev–Trinajstić information content (AvgIpc) is 2.92. The summed E-state index contributed by atoms with van der Waals surface area (Å²) >= 11 is 0. The van der Waals surface area contributed by atoms with Gasteiger partial charge in [-0.25, -0.2) is 0 Å². The Kier molecular flexibility index (Phi) is 8.84. The third-order valence-electron chi connectivity index (χ3n) is 5.45. The number of hydrogen-bond acceptors (Lipinski definition) is 2. The molecule has 0 saturated heterocycles. The first-order chi connectivity index (χ1) is 18.6. The molecule has 0 bridgehead atoms. The molecule has 0 atom stereocenters. The predicted molar refractivity (Wildman–Crippen MR) is 132 cm³/mol. The molecule has 0 N–H and O–H groups in total. The maximum absolute atomic E-state index is 13.9. The Morgan fingerprint density at radius 2 is 0.975 bits per heavy atom. The van der Waals surface area contributed by atoms with Crippen LogP contribution in [0, 0.1) is 11.3 Å². The zero-order valence-corrected chi connectivity index (χ0v) is 20.9. The molecular formula is C27H17BF9NOS. The fourth-order valence-electron chi connectivity index (χ4n) is 3.52. The van der Waals surface area contributed by atoms with Crippen molar-refractivity contribution in [3.05, 3.63) is 120 Å². The van der Waals surface area contributed by atoms with Gasteiger partial charge in [-0.15, -0.1) is 5.46 Å². The van der Waals surface area contributed by atoms with Crippen LogP contribution >= 0.6 is 0 Å². The van der Waals surface area contributed by atoms with Crippen molar-refractivity contribution in [2.75, 3.05) is 0 Å². The SMILES string of the molecule is F[B-](F)(F)c1cc(C(F)(F)F)cc(C(F)(F)F)c1.N#Cc1ccc([S+](=O)(c2ccccc2)c2ccccc2)cc1. The zero-order chi connectivity index (χ0) is 29.8. The fourth-order valence-corrected chi connectivity index (χ4v) is 5.94. The molecule has 2 nitrogen and oxygen atoms in total. The highest BCUT2D eigenvalue weighted by molar-refractivity contribution is 8.03. The van der Waals surface area contributed by atoms with E-state index in [4.69, 9.17) is 5.26 Å². The summed E-state index contributed by atoms with van der Waals surface area (Å²) in [5.41, 5.74) is -5.33. The summed E-state index contributed by atoms with van der Waals surface area (Å²) < 4.78 is 124. The van der Waals surface area contributed by atoms with Gasteiger partial charge in [-0.1, -0.05) is 52.7 Å². The van der Waals surface area contributed by atoms with Gasteiger partial charge in [0, 0.05) is 0 Å². The van der Waals surface area contributed by atoms with E-state index in [-0.39, 0.29) is 18.2 Å². The van der Waals surface area contributed by atoms with Crippen molar-refractivity contribution in [3.8, 4) is 6.07 Å². The zero-order valence-electron chi connectivity index (χ0n) is 20.1. The third kappa shape index (κ3) is 7.12. The Balaban J connectivity index is 0.000000226. The van der Waals surface area contributed by atoms with Gasteiger partial charge in [-0.05, 0) is 54.6 Å². The van der Waals surface area contributed by atoms with Gasteiger partial charge in [-0.2, -0.15) is 31.6 Å². The van der Waals surface area contributed by atoms with Gasteiger partial charge >= 0.3 is 19.3 Å². The Morgan fingerprint density at radius 1 is 0.600 bits per heavy atom. The second kappa shape index (κ2) is 11.6. The van der Waals surface area contributed by atoms with Gasteiger partial charge in [-0.3, -0.25) is 0 Å². The van der Waals surface area contributed by atoms with Crippen LogP contribution < -0.4 is 5.46 Å². The standard InChI is InChI=1S/C19H14NOS.C8H3BF9/c20-15-16-11-13-19(14-12-16)22(21,17-7-3-1-4-8-17)18-9-5-2-6-10-18;10-7(11,12)4-1-5(8(13,14)15)3-6(2-4)9(16,17)18/h1-14H;1-3H/q+1;-1. The summed E-state index contributed by atoms with van der Waals surface area (Å²) in [6.45, 7) is -5.95. The van der Waals surface area contributed by atoms with Crippen molar-refractivity contribution in [1.82, 2.24) is 0 Å². The molecule has 0 heterocycles. The highest BCUT2D eigenvalue weighted by Gasteiger charge is 2.39. The Morgan fingerprint density at radius 3 is 1.30 bits per heavy atom. The second-order valence-electron chi connectivity index (χ2n) is 8.23. The summed E-state index contributed by atoms with van der Waals surface area (Å²) in [6, 6.07) is 26.9. The minimum atomic E-state index is -5.95. The molecule has 40 heavy (non-hydrogen) atoms. The van der Waals surface area contributed by atoms with Crippen LogP contribution in [0.1, 0.15) is 16.7 Å². The van der Waals surface area contributed by atoms with Crippen LogP contribution in [0.3, 0.4) is 0 Å². The van der Waals surface area contributed by atoms with Gasteiger partial charge in [0.2, 0.25) is 0 Å². The van der Waals surface area contributed by atoms with Crippen LogP contribution in [0.25, 0.3) is 0 Å². The smallest absolute Gasteiger partial charge is 0.445 e. The van der Waals surface area contributed by atoms with E-state index in [9.17, 15) is 43.5 Å². The van der Waals surface area contributed by atoms with E-state index in [2.05, 4.69) is 6.07 Å². The van der Waals surface area contributed by atoms with Crippen molar-refractivity contribution < 1.29 is 43.5 Å². The first-order valence-electron chi connectivity index (χ1n) is 11.2. The molecule has 0 aliphatic heterocycles. The maximum atomic E-state index is 13.9. The first kappa shape index (κ1) is 30.5. The lowest BCUT2D eigenvalue weighted by atomic mass is 9.78. The van der Waals surface area contributed by atoms with Crippen LogP contribution in [0.15, 0.2) is 118 Å². The maximum Gasteiger partial charge on any atom is 0.509 e. The van der Waals surface area contributed by atoms with Gasteiger partial charge in [0.15, 0.2) is 24.6 Å². The van der Waals surface area contributed by atoms with Crippen molar-refractivity contribution in [2.45, 2.75) is 27.0 Å². The minimum absolute atomic E-state index is 0.338. The second-order valence-corrected chi connectivity index (χ2v) is 10.8. The molecule has 0 aromatic heterocycles. The molecule has 0 fully saturated rings. The lowest BCUT2D eigenvalue weighted by Crippen LogP contribution is -2.36. The van der Waals surface area contributed by atoms with Gasteiger partial charge in [0.25, 0.3) is 0 Å². The van der Waals surface area contributed by atoms with Crippen LogP contribution in [0.4, 0.5) is 39.3 Å². The van der Waals surface area contributed by atoms with Crippen LogP contribution in [0.2, 0.25) is 0 Å². The van der Waals surface area contributed by atoms with Crippen LogP contribution in [0.5, 0.6) is 0 Å². The number of alkyl halides is 6. The lowest BCUT2D eigenvalue weighted by molar-refractivity contribution is -0.142. The van der Waals surface area contributed by atoms with E-state index in [1.165, 1.54) is 0 Å². The molecule has 208 valence electrons. The first-order valence-corrected chi connectivity index (χ1v) is 12.8. The van der Waals surface area contributed by atoms with Crippen LogP contribution in [-0.2, 0) is 26.5 Å². The highest BCUT2D eigenvalue weighted by atomic mass is 32.2. The van der Waals surface area contributed by atoms with Crippen molar-refractivity contribution >= 4 is 22.4 Å².